The molecule has 5 nitrogen and oxygen atoms in total. The second-order valence-electron chi connectivity index (χ2n) is 6.55. The maximum atomic E-state index is 13.0. The zero-order valence-corrected chi connectivity index (χ0v) is 17.9. The largest absolute Gasteiger partial charge is 0.369 e. The van der Waals surface area contributed by atoms with Gasteiger partial charge in [0.1, 0.15) is 0 Å². The maximum Gasteiger partial charge on any atom is 0.245 e. The standard InChI is InChI=1S/C21H20Cl2N2O3S/c1-16(22)18-6-8-19(9-7-18)24-11-13-25(14-12-24)29(27,28)20-4-2-3-17(15-20)5-10-21(23)26/h2-10,15H,1,11-14H2/b10-5+. The van der Waals surface area contributed by atoms with E-state index in [-0.39, 0.29) is 4.90 Å². The van der Waals surface area contributed by atoms with Crippen LogP contribution < -0.4 is 4.90 Å². The zero-order chi connectivity index (χ0) is 21.0. The van der Waals surface area contributed by atoms with Gasteiger partial charge < -0.3 is 4.90 Å². The molecule has 2 aromatic rings. The van der Waals surface area contributed by atoms with Crippen molar-refractivity contribution in [3.05, 3.63) is 72.3 Å². The molecule has 0 amide bonds. The molecule has 2 aromatic carbocycles. The van der Waals surface area contributed by atoms with Gasteiger partial charge in [0.05, 0.1) is 4.90 Å². The Morgan fingerprint density at radius 1 is 1.00 bits per heavy atom. The van der Waals surface area contributed by atoms with Gasteiger partial charge in [-0.2, -0.15) is 4.31 Å². The third-order valence-electron chi connectivity index (χ3n) is 4.69. The van der Waals surface area contributed by atoms with Crippen molar-refractivity contribution in [1.29, 1.82) is 0 Å². The number of sulfonamides is 1. The minimum atomic E-state index is -3.62. The summed E-state index contributed by atoms with van der Waals surface area (Å²) in [5.41, 5.74) is 2.47. The molecule has 1 aliphatic heterocycles. The van der Waals surface area contributed by atoms with E-state index >= 15 is 0 Å². The first-order chi connectivity index (χ1) is 13.8. The molecule has 152 valence electrons. The third kappa shape index (κ3) is 5.28. The van der Waals surface area contributed by atoms with Crippen molar-refractivity contribution >= 4 is 55.3 Å². The first-order valence-corrected chi connectivity index (χ1v) is 11.1. The van der Waals surface area contributed by atoms with Crippen LogP contribution in [0.5, 0.6) is 0 Å². The van der Waals surface area contributed by atoms with Crippen LogP contribution >= 0.6 is 23.2 Å². The predicted molar refractivity (Wildman–Crippen MR) is 119 cm³/mol. The average molecular weight is 451 g/mol. The lowest BCUT2D eigenvalue weighted by Crippen LogP contribution is -2.48. The molecule has 1 fully saturated rings. The Bertz CT molecular complexity index is 1040. The molecule has 0 aromatic heterocycles. The molecule has 0 bridgehead atoms. The van der Waals surface area contributed by atoms with E-state index in [1.165, 1.54) is 22.5 Å². The van der Waals surface area contributed by atoms with E-state index in [2.05, 4.69) is 11.5 Å². The molecule has 0 spiro atoms. The predicted octanol–water partition coefficient (Wildman–Crippen LogP) is 4.19. The maximum absolute atomic E-state index is 13.0. The lowest BCUT2D eigenvalue weighted by atomic mass is 10.2. The number of piperazine rings is 1. The molecule has 0 radical (unpaired) electrons. The van der Waals surface area contributed by atoms with Crippen LogP contribution in [0, 0.1) is 0 Å². The van der Waals surface area contributed by atoms with E-state index in [1.54, 1.807) is 18.2 Å². The third-order valence-corrected chi connectivity index (χ3v) is 6.93. The first-order valence-electron chi connectivity index (χ1n) is 8.95. The Labute approximate surface area is 180 Å². The monoisotopic (exact) mass is 450 g/mol. The van der Waals surface area contributed by atoms with Gasteiger partial charge in [-0.15, -0.1) is 0 Å². The van der Waals surface area contributed by atoms with Gasteiger partial charge >= 0.3 is 0 Å². The minimum Gasteiger partial charge on any atom is -0.369 e. The molecule has 0 aliphatic carbocycles. The summed E-state index contributed by atoms with van der Waals surface area (Å²) in [6.07, 6.45) is 2.68. The molecular weight excluding hydrogens is 431 g/mol. The number of allylic oxidation sites excluding steroid dienone is 1. The second kappa shape index (κ2) is 9.13. The van der Waals surface area contributed by atoms with E-state index in [4.69, 9.17) is 23.2 Å². The van der Waals surface area contributed by atoms with E-state index in [0.717, 1.165) is 11.3 Å². The highest BCUT2D eigenvalue weighted by atomic mass is 35.5. The highest BCUT2D eigenvalue weighted by Crippen LogP contribution is 2.24. The van der Waals surface area contributed by atoms with Gasteiger partial charge in [0.15, 0.2) is 0 Å². The van der Waals surface area contributed by atoms with Crippen LogP contribution in [-0.2, 0) is 14.8 Å². The lowest BCUT2D eigenvalue weighted by Gasteiger charge is -2.35. The summed E-state index contributed by atoms with van der Waals surface area (Å²) in [5.74, 6) is 0. The van der Waals surface area contributed by atoms with Crippen molar-refractivity contribution < 1.29 is 13.2 Å². The minimum absolute atomic E-state index is 0.195. The number of hydrogen-bond donors (Lipinski definition) is 0. The van der Waals surface area contributed by atoms with Gasteiger partial charge in [0.2, 0.25) is 15.3 Å². The summed E-state index contributed by atoms with van der Waals surface area (Å²) in [5, 5.41) is -0.127. The zero-order valence-electron chi connectivity index (χ0n) is 15.6. The number of anilines is 1. The van der Waals surface area contributed by atoms with Crippen molar-refractivity contribution in [1.82, 2.24) is 4.31 Å². The van der Waals surface area contributed by atoms with Crippen LogP contribution in [0.25, 0.3) is 11.1 Å². The molecule has 8 heteroatoms. The summed E-state index contributed by atoms with van der Waals surface area (Å²) >= 11 is 11.2. The summed E-state index contributed by atoms with van der Waals surface area (Å²) in [7, 11) is -3.62. The first kappa shape index (κ1) is 21.6. The number of carbonyl (C=O) groups is 1. The number of halogens is 2. The normalized spacial score (nSPS) is 15.6. The fourth-order valence-corrected chi connectivity index (χ4v) is 4.80. The molecule has 0 atom stereocenters. The highest BCUT2D eigenvalue weighted by molar-refractivity contribution is 7.89. The van der Waals surface area contributed by atoms with E-state index in [0.29, 0.717) is 36.8 Å². The molecule has 0 N–H and O–H groups in total. The van der Waals surface area contributed by atoms with Crippen LogP contribution in [0.3, 0.4) is 0 Å². The van der Waals surface area contributed by atoms with Gasteiger partial charge in [-0.05, 0) is 53.1 Å². The summed E-state index contributed by atoms with van der Waals surface area (Å²) in [6.45, 7) is 5.64. The number of benzene rings is 2. The quantitative estimate of drug-likeness (QED) is 0.488. The Hall–Kier alpha value is -2.12. The molecule has 1 aliphatic rings. The van der Waals surface area contributed by atoms with Crippen molar-refractivity contribution in [2.45, 2.75) is 4.90 Å². The molecule has 3 rings (SSSR count). The van der Waals surface area contributed by atoms with Crippen LogP contribution in [-0.4, -0.2) is 44.1 Å². The Kier molecular flexibility index (Phi) is 6.80. The van der Waals surface area contributed by atoms with Gasteiger partial charge in [0.25, 0.3) is 0 Å². The van der Waals surface area contributed by atoms with E-state index in [1.807, 2.05) is 24.3 Å². The summed E-state index contributed by atoms with van der Waals surface area (Å²) in [6, 6.07) is 14.2. The van der Waals surface area contributed by atoms with Gasteiger partial charge in [0, 0.05) is 36.9 Å². The Morgan fingerprint density at radius 3 is 2.24 bits per heavy atom. The van der Waals surface area contributed by atoms with Crippen LogP contribution in [0.1, 0.15) is 11.1 Å². The molecule has 1 heterocycles. The van der Waals surface area contributed by atoms with Crippen molar-refractivity contribution in [2.24, 2.45) is 0 Å². The number of nitrogens with zero attached hydrogens (tertiary/aromatic N) is 2. The number of carbonyl (C=O) groups excluding carboxylic acids is 1. The van der Waals surface area contributed by atoms with Crippen LogP contribution in [0.15, 0.2) is 66.1 Å². The Balaban J connectivity index is 1.70. The molecule has 1 saturated heterocycles. The molecular formula is C21H20Cl2N2O3S. The van der Waals surface area contributed by atoms with E-state index < -0.39 is 15.3 Å². The van der Waals surface area contributed by atoms with Crippen molar-refractivity contribution in [2.75, 3.05) is 31.1 Å². The number of rotatable bonds is 6. The Morgan fingerprint density at radius 2 is 1.66 bits per heavy atom. The molecule has 29 heavy (non-hydrogen) atoms. The average Bonchev–Trinajstić information content (AvgIpc) is 2.72. The topological polar surface area (TPSA) is 57.7 Å². The fraction of sp³-hybridized carbons (Fsp3) is 0.190. The van der Waals surface area contributed by atoms with Gasteiger partial charge in [-0.3, -0.25) is 4.79 Å². The second-order valence-corrected chi connectivity index (χ2v) is 9.32. The highest BCUT2D eigenvalue weighted by Gasteiger charge is 2.28. The lowest BCUT2D eigenvalue weighted by molar-refractivity contribution is -0.107. The molecule has 0 unspecified atom stereocenters. The van der Waals surface area contributed by atoms with Crippen molar-refractivity contribution in [3.63, 3.8) is 0 Å². The summed E-state index contributed by atoms with van der Waals surface area (Å²) < 4.78 is 27.5. The fourth-order valence-electron chi connectivity index (χ4n) is 3.13. The molecule has 0 saturated carbocycles. The van der Waals surface area contributed by atoms with Crippen LogP contribution in [0.4, 0.5) is 5.69 Å². The SMILES string of the molecule is C=C(Cl)c1ccc(N2CCN(S(=O)(=O)c3cccc(/C=C/C(=O)Cl)c3)CC2)cc1. The van der Waals surface area contributed by atoms with Crippen LogP contribution in [0.2, 0.25) is 0 Å². The van der Waals surface area contributed by atoms with E-state index in [9.17, 15) is 13.2 Å². The van der Waals surface area contributed by atoms with Gasteiger partial charge in [-0.1, -0.05) is 48.5 Å². The number of hydrogen-bond acceptors (Lipinski definition) is 4. The summed E-state index contributed by atoms with van der Waals surface area (Å²) in [4.78, 5) is 13.2. The van der Waals surface area contributed by atoms with Gasteiger partial charge in [-0.25, -0.2) is 8.42 Å². The smallest absolute Gasteiger partial charge is 0.245 e. The van der Waals surface area contributed by atoms with Crippen molar-refractivity contribution in [3.8, 4) is 0 Å².